The van der Waals surface area contributed by atoms with Crippen LogP contribution in [-0.4, -0.2) is 38.8 Å². The number of nitrogens with one attached hydrogen (secondary N) is 2. The molecule has 2 rings (SSSR count). The van der Waals surface area contributed by atoms with E-state index < -0.39 is 0 Å². The van der Waals surface area contributed by atoms with E-state index in [2.05, 4.69) is 51.6 Å². The van der Waals surface area contributed by atoms with Crippen LogP contribution >= 0.6 is 35.3 Å². The van der Waals surface area contributed by atoms with Crippen molar-refractivity contribution in [2.75, 3.05) is 13.1 Å². The molecular formula is C15H26IN7S. The van der Waals surface area contributed by atoms with E-state index in [0.717, 1.165) is 47.8 Å². The molecule has 0 spiro atoms. The van der Waals surface area contributed by atoms with Gasteiger partial charge in [0.1, 0.15) is 12.4 Å². The van der Waals surface area contributed by atoms with Gasteiger partial charge in [0.05, 0.1) is 10.7 Å². The van der Waals surface area contributed by atoms with E-state index in [1.807, 2.05) is 18.5 Å². The second-order valence-electron chi connectivity index (χ2n) is 5.34. The SMILES string of the molecule is CCNC(=NCc1nnc(C)n1C)NCCc1nc(C)c(C)s1.I. The van der Waals surface area contributed by atoms with Crippen LogP contribution in [0.3, 0.4) is 0 Å². The highest BCUT2D eigenvalue weighted by Gasteiger charge is 2.06. The number of aromatic nitrogens is 4. The first-order chi connectivity index (χ1) is 11.0. The summed E-state index contributed by atoms with van der Waals surface area (Å²) in [5.41, 5.74) is 1.13. The number of hydrogen-bond donors (Lipinski definition) is 2. The summed E-state index contributed by atoms with van der Waals surface area (Å²) in [6.45, 7) is 10.3. The Morgan fingerprint density at radius 1 is 1.21 bits per heavy atom. The van der Waals surface area contributed by atoms with Gasteiger partial charge in [-0.15, -0.1) is 45.5 Å². The lowest BCUT2D eigenvalue weighted by Crippen LogP contribution is -2.38. The number of hydrogen-bond acceptors (Lipinski definition) is 5. The molecule has 0 radical (unpaired) electrons. The molecule has 2 heterocycles. The van der Waals surface area contributed by atoms with Gasteiger partial charge in [-0.2, -0.15) is 0 Å². The van der Waals surface area contributed by atoms with Gasteiger partial charge in [0.15, 0.2) is 11.8 Å². The lowest BCUT2D eigenvalue weighted by atomic mass is 10.4. The summed E-state index contributed by atoms with van der Waals surface area (Å²) < 4.78 is 1.95. The minimum absolute atomic E-state index is 0. The van der Waals surface area contributed by atoms with Gasteiger partial charge in [-0.3, -0.25) is 0 Å². The average molecular weight is 463 g/mol. The molecule has 2 aromatic rings. The molecule has 0 aromatic carbocycles. The van der Waals surface area contributed by atoms with Crippen molar-refractivity contribution in [3.63, 3.8) is 0 Å². The van der Waals surface area contributed by atoms with Crippen molar-refractivity contribution in [1.82, 2.24) is 30.4 Å². The molecule has 7 nitrogen and oxygen atoms in total. The number of guanidine groups is 1. The van der Waals surface area contributed by atoms with Crippen LogP contribution in [0.15, 0.2) is 4.99 Å². The molecule has 0 fully saturated rings. The van der Waals surface area contributed by atoms with Crippen LogP contribution < -0.4 is 10.6 Å². The normalized spacial score (nSPS) is 11.3. The monoisotopic (exact) mass is 463 g/mol. The summed E-state index contributed by atoms with van der Waals surface area (Å²) >= 11 is 1.76. The summed E-state index contributed by atoms with van der Waals surface area (Å²) in [6.07, 6.45) is 0.896. The number of thiazole rings is 1. The second kappa shape index (κ2) is 9.92. The van der Waals surface area contributed by atoms with Crippen molar-refractivity contribution in [2.45, 2.75) is 40.7 Å². The maximum Gasteiger partial charge on any atom is 0.191 e. The average Bonchev–Trinajstić information content (AvgIpc) is 3.00. The van der Waals surface area contributed by atoms with Crippen molar-refractivity contribution >= 4 is 41.3 Å². The number of nitrogens with zero attached hydrogens (tertiary/aromatic N) is 5. The van der Waals surface area contributed by atoms with Crippen LogP contribution in [-0.2, 0) is 20.0 Å². The number of halogens is 1. The third-order valence-electron chi connectivity index (χ3n) is 3.61. The van der Waals surface area contributed by atoms with Crippen LogP contribution in [0.2, 0.25) is 0 Å². The molecule has 0 saturated heterocycles. The van der Waals surface area contributed by atoms with Crippen molar-refractivity contribution in [3.05, 3.63) is 27.2 Å². The highest BCUT2D eigenvalue weighted by molar-refractivity contribution is 14.0. The van der Waals surface area contributed by atoms with E-state index in [4.69, 9.17) is 0 Å². The van der Waals surface area contributed by atoms with Crippen molar-refractivity contribution in [2.24, 2.45) is 12.0 Å². The highest BCUT2D eigenvalue weighted by Crippen LogP contribution is 2.16. The first-order valence-corrected chi connectivity index (χ1v) is 8.62. The number of rotatable bonds is 6. The second-order valence-corrected chi connectivity index (χ2v) is 6.63. The Labute approximate surface area is 164 Å². The fraction of sp³-hybridized carbons (Fsp3) is 0.600. The molecule has 0 unspecified atom stereocenters. The number of aliphatic imine (C=N–C) groups is 1. The predicted molar refractivity (Wildman–Crippen MR) is 109 cm³/mol. The molecule has 0 amide bonds. The van der Waals surface area contributed by atoms with E-state index in [0.29, 0.717) is 6.54 Å². The maximum absolute atomic E-state index is 4.57. The zero-order chi connectivity index (χ0) is 16.8. The third kappa shape index (κ3) is 5.69. The molecule has 0 atom stereocenters. The molecular weight excluding hydrogens is 437 g/mol. The Hall–Kier alpha value is -1.23. The Morgan fingerprint density at radius 2 is 1.96 bits per heavy atom. The van der Waals surface area contributed by atoms with Gasteiger partial charge in [-0.05, 0) is 27.7 Å². The Kier molecular flexibility index (Phi) is 8.60. The van der Waals surface area contributed by atoms with Gasteiger partial charge in [0, 0.05) is 31.4 Å². The zero-order valence-corrected chi connectivity index (χ0v) is 18.0. The van der Waals surface area contributed by atoms with Gasteiger partial charge in [0.25, 0.3) is 0 Å². The minimum Gasteiger partial charge on any atom is -0.357 e. The summed E-state index contributed by atoms with van der Waals surface area (Å²) in [5.74, 6) is 2.53. The summed E-state index contributed by atoms with van der Waals surface area (Å²) in [4.78, 5) is 10.4. The van der Waals surface area contributed by atoms with E-state index in [9.17, 15) is 0 Å². The molecule has 0 saturated carbocycles. The van der Waals surface area contributed by atoms with E-state index in [1.165, 1.54) is 4.88 Å². The maximum atomic E-state index is 4.57. The summed E-state index contributed by atoms with van der Waals surface area (Å²) in [5, 5.41) is 15.9. The Morgan fingerprint density at radius 3 is 2.50 bits per heavy atom. The quantitative estimate of drug-likeness (QED) is 0.390. The lowest BCUT2D eigenvalue weighted by Gasteiger charge is -2.10. The van der Waals surface area contributed by atoms with E-state index in [-0.39, 0.29) is 24.0 Å². The third-order valence-corrected chi connectivity index (χ3v) is 4.74. The van der Waals surface area contributed by atoms with Crippen LogP contribution in [0.5, 0.6) is 0 Å². The van der Waals surface area contributed by atoms with Crippen LogP contribution in [0, 0.1) is 20.8 Å². The molecule has 2 N–H and O–H groups in total. The fourth-order valence-corrected chi connectivity index (χ4v) is 2.95. The highest BCUT2D eigenvalue weighted by atomic mass is 127. The molecule has 9 heteroatoms. The van der Waals surface area contributed by atoms with Gasteiger partial charge in [0.2, 0.25) is 0 Å². The van der Waals surface area contributed by atoms with Crippen LogP contribution in [0.4, 0.5) is 0 Å². The lowest BCUT2D eigenvalue weighted by molar-refractivity contribution is 0.752. The van der Waals surface area contributed by atoms with Crippen molar-refractivity contribution < 1.29 is 0 Å². The van der Waals surface area contributed by atoms with Gasteiger partial charge in [-0.25, -0.2) is 9.98 Å². The van der Waals surface area contributed by atoms with Crippen LogP contribution in [0.25, 0.3) is 0 Å². The van der Waals surface area contributed by atoms with Crippen molar-refractivity contribution in [1.29, 1.82) is 0 Å². The largest absolute Gasteiger partial charge is 0.357 e. The van der Waals surface area contributed by atoms with Gasteiger partial charge in [-0.1, -0.05) is 0 Å². The first kappa shape index (κ1) is 20.8. The van der Waals surface area contributed by atoms with E-state index in [1.54, 1.807) is 11.3 Å². The Balaban J connectivity index is 0.00000288. The van der Waals surface area contributed by atoms with Gasteiger partial charge < -0.3 is 15.2 Å². The topological polar surface area (TPSA) is 80.0 Å². The molecule has 0 bridgehead atoms. The smallest absolute Gasteiger partial charge is 0.191 e. The molecule has 134 valence electrons. The van der Waals surface area contributed by atoms with Gasteiger partial charge >= 0.3 is 0 Å². The molecule has 24 heavy (non-hydrogen) atoms. The molecule has 0 aliphatic carbocycles. The standard InChI is InChI=1S/C15H25N7S.HI/c1-6-16-15(18-9-13-21-20-12(4)22(13)5)17-8-7-14-19-10(2)11(3)23-14;/h6-9H2,1-5H3,(H2,16,17,18);1H. The zero-order valence-electron chi connectivity index (χ0n) is 14.9. The minimum atomic E-state index is 0. The Bertz CT molecular complexity index is 658. The van der Waals surface area contributed by atoms with Crippen molar-refractivity contribution in [3.8, 4) is 0 Å². The predicted octanol–water partition coefficient (Wildman–Crippen LogP) is 2.11. The summed E-state index contributed by atoms with van der Waals surface area (Å²) in [6, 6.07) is 0. The first-order valence-electron chi connectivity index (χ1n) is 7.81. The summed E-state index contributed by atoms with van der Waals surface area (Å²) in [7, 11) is 1.95. The molecule has 0 aliphatic rings. The molecule has 0 aliphatic heterocycles. The van der Waals surface area contributed by atoms with Crippen LogP contribution in [0.1, 0.15) is 34.2 Å². The molecule has 2 aromatic heterocycles. The fourth-order valence-electron chi connectivity index (χ4n) is 2.01. The van der Waals surface area contributed by atoms with E-state index >= 15 is 0 Å². The number of aryl methyl sites for hydroxylation is 3.